The van der Waals surface area contributed by atoms with E-state index in [2.05, 4.69) is 27.3 Å². The Balaban J connectivity index is 2.04. The third-order valence-corrected chi connectivity index (χ3v) is 3.37. The molecule has 0 radical (unpaired) electrons. The minimum atomic E-state index is -0.900. The number of anilines is 1. The Morgan fingerprint density at radius 1 is 1.21 bits per heavy atom. The molecule has 0 atom stereocenters. The molecule has 0 saturated heterocycles. The number of hydrogen-bond donors (Lipinski definition) is 2. The van der Waals surface area contributed by atoms with Crippen LogP contribution in [0.5, 0.6) is 0 Å². The number of carbonyl (C=O) groups is 1. The molecule has 0 bridgehead atoms. The fraction of sp³-hybridized carbons (Fsp3) is 0.133. The molecule has 3 nitrogen and oxygen atoms in total. The minimum absolute atomic E-state index is 0.309. The van der Waals surface area contributed by atoms with Crippen LogP contribution in [0, 0.1) is 6.92 Å². The molecule has 2 rings (SSSR count). The van der Waals surface area contributed by atoms with Gasteiger partial charge in [0.15, 0.2) is 0 Å². The molecule has 0 aliphatic rings. The first-order valence-corrected chi connectivity index (χ1v) is 6.68. The fourth-order valence-electron chi connectivity index (χ4n) is 1.79. The van der Waals surface area contributed by atoms with Crippen molar-refractivity contribution in [3.05, 3.63) is 63.6 Å². The van der Waals surface area contributed by atoms with Gasteiger partial charge in [-0.1, -0.05) is 28.1 Å². The normalized spacial score (nSPS) is 10.2. The monoisotopic (exact) mass is 319 g/mol. The van der Waals surface area contributed by atoms with Gasteiger partial charge in [-0.3, -0.25) is 0 Å². The van der Waals surface area contributed by atoms with Crippen molar-refractivity contribution in [3.8, 4) is 0 Å². The summed E-state index contributed by atoms with van der Waals surface area (Å²) in [6.45, 7) is 2.71. The molecule has 0 aromatic heterocycles. The van der Waals surface area contributed by atoms with E-state index < -0.39 is 5.97 Å². The van der Waals surface area contributed by atoms with Crippen molar-refractivity contribution < 1.29 is 9.90 Å². The van der Waals surface area contributed by atoms with Crippen molar-refractivity contribution in [2.24, 2.45) is 0 Å². The van der Waals surface area contributed by atoms with Crippen molar-refractivity contribution in [1.82, 2.24) is 0 Å². The molecule has 0 amide bonds. The van der Waals surface area contributed by atoms with Crippen LogP contribution in [0.15, 0.2) is 46.9 Å². The summed E-state index contributed by atoms with van der Waals surface area (Å²) in [4.78, 5) is 10.7. The highest BCUT2D eigenvalue weighted by Gasteiger charge is 2.02. The summed E-state index contributed by atoms with van der Waals surface area (Å²) in [6, 6.07) is 12.9. The predicted molar refractivity (Wildman–Crippen MR) is 79.6 cm³/mol. The van der Waals surface area contributed by atoms with Crippen molar-refractivity contribution in [2.75, 3.05) is 5.32 Å². The molecule has 2 N–H and O–H groups in total. The van der Waals surface area contributed by atoms with Gasteiger partial charge in [-0.2, -0.15) is 0 Å². The zero-order valence-corrected chi connectivity index (χ0v) is 12.1. The maximum absolute atomic E-state index is 10.7. The van der Waals surface area contributed by atoms with Crippen LogP contribution in [-0.2, 0) is 6.54 Å². The van der Waals surface area contributed by atoms with E-state index in [1.807, 2.05) is 31.2 Å². The Morgan fingerprint density at radius 2 is 1.89 bits per heavy atom. The van der Waals surface area contributed by atoms with Gasteiger partial charge in [0.25, 0.3) is 0 Å². The smallest absolute Gasteiger partial charge is 0.335 e. The number of benzene rings is 2. The lowest BCUT2D eigenvalue weighted by Crippen LogP contribution is -2.02. The topological polar surface area (TPSA) is 49.3 Å². The lowest BCUT2D eigenvalue weighted by Gasteiger charge is -2.10. The molecule has 2 aromatic rings. The number of aromatic carboxylic acids is 1. The second kappa shape index (κ2) is 5.89. The van der Waals surface area contributed by atoms with Gasteiger partial charge in [-0.25, -0.2) is 4.79 Å². The quantitative estimate of drug-likeness (QED) is 0.893. The maximum atomic E-state index is 10.7. The fourth-order valence-corrected chi connectivity index (χ4v) is 2.26. The Kier molecular flexibility index (Phi) is 4.22. The van der Waals surface area contributed by atoms with Gasteiger partial charge in [0.05, 0.1) is 5.56 Å². The molecule has 0 aliphatic heterocycles. The number of rotatable bonds is 4. The van der Waals surface area contributed by atoms with Crippen molar-refractivity contribution in [1.29, 1.82) is 0 Å². The average molecular weight is 320 g/mol. The summed E-state index contributed by atoms with van der Waals surface area (Å²) in [6.07, 6.45) is 0. The third-order valence-electron chi connectivity index (χ3n) is 2.87. The second-order valence-corrected chi connectivity index (χ2v) is 5.23. The first-order chi connectivity index (χ1) is 9.06. The average Bonchev–Trinajstić information content (AvgIpc) is 2.38. The predicted octanol–water partition coefficient (Wildman–Crippen LogP) is 4.07. The molecule has 19 heavy (non-hydrogen) atoms. The standard InChI is InChI=1S/C15H14BrNO2/c1-10-8-13(16)6-7-14(10)17-9-11-2-4-12(5-3-11)15(18)19/h2-8,17H,9H2,1H3,(H,18,19). The Labute approximate surface area is 120 Å². The number of hydrogen-bond acceptors (Lipinski definition) is 2. The molecule has 98 valence electrons. The maximum Gasteiger partial charge on any atom is 0.335 e. The summed E-state index contributed by atoms with van der Waals surface area (Å²) in [5.74, 6) is -0.900. The first-order valence-electron chi connectivity index (χ1n) is 5.88. The van der Waals surface area contributed by atoms with Gasteiger partial charge in [0, 0.05) is 16.7 Å². The molecule has 0 heterocycles. The Bertz CT molecular complexity index is 594. The number of aryl methyl sites for hydroxylation is 1. The lowest BCUT2D eigenvalue weighted by atomic mass is 10.1. The lowest BCUT2D eigenvalue weighted by molar-refractivity contribution is 0.0697. The van der Waals surface area contributed by atoms with E-state index in [1.54, 1.807) is 12.1 Å². The van der Waals surface area contributed by atoms with Crippen LogP contribution in [-0.4, -0.2) is 11.1 Å². The minimum Gasteiger partial charge on any atom is -0.478 e. The number of halogens is 1. The van der Waals surface area contributed by atoms with Crippen LogP contribution >= 0.6 is 15.9 Å². The molecule has 0 fully saturated rings. The number of carboxylic acid groups (broad SMARTS) is 1. The van der Waals surface area contributed by atoms with Crippen molar-refractivity contribution in [2.45, 2.75) is 13.5 Å². The van der Waals surface area contributed by atoms with Crippen LogP contribution in [0.1, 0.15) is 21.5 Å². The van der Waals surface area contributed by atoms with E-state index in [0.717, 1.165) is 21.3 Å². The zero-order valence-electron chi connectivity index (χ0n) is 10.5. The number of carboxylic acids is 1. The molecule has 0 saturated carbocycles. The highest BCUT2D eigenvalue weighted by molar-refractivity contribution is 9.10. The zero-order chi connectivity index (χ0) is 13.8. The van der Waals surface area contributed by atoms with Gasteiger partial charge in [0.1, 0.15) is 0 Å². The van der Waals surface area contributed by atoms with E-state index in [0.29, 0.717) is 12.1 Å². The molecular weight excluding hydrogens is 306 g/mol. The van der Waals surface area contributed by atoms with E-state index in [4.69, 9.17) is 5.11 Å². The molecule has 0 spiro atoms. The van der Waals surface area contributed by atoms with Crippen LogP contribution in [0.4, 0.5) is 5.69 Å². The second-order valence-electron chi connectivity index (χ2n) is 4.31. The molecular formula is C15H14BrNO2. The van der Waals surface area contributed by atoms with E-state index in [-0.39, 0.29) is 0 Å². The van der Waals surface area contributed by atoms with E-state index >= 15 is 0 Å². The van der Waals surface area contributed by atoms with Gasteiger partial charge in [-0.05, 0) is 48.4 Å². The summed E-state index contributed by atoms with van der Waals surface area (Å²) in [7, 11) is 0. The highest BCUT2D eigenvalue weighted by atomic mass is 79.9. The van der Waals surface area contributed by atoms with E-state index in [1.165, 1.54) is 0 Å². The SMILES string of the molecule is Cc1cc(Br)ccc1NCc1ccc(C(=O)O)cc1. The molecule has 2 aromatic carbocycles. The largest absolute Gasteiger partial charge is 0.478 e. The summed E-state index contributed by atoms with van der Waals surface area (Å²) < 4.78 is 1.06. The van der Waals surface area contributed by atoms with Crippen LogP contribution in [0.25, 0.3) is 0 Å². The van der Waals surface area contributed by atoms with Crippen LogP contribution in [0.2, 0.25) is 0 Å². The van der Waals surface area contributed by atoms with Gasteiger partial charge in [-0.15, -0.1) is 0 Å². The van der Waals surface area contributed by atoms with E-state index in [9.17, 15) is 4.79 Å². The highest BCUT2D eigenvalue weighted by Crippen LogP contribution is 2.20. The summed E-state index contributed by atoms with van der Waals surface area (Å²) in [5, 5.41) is 12.2. The van der Waals surface area contributed by atoms with Gasteiger partial charge < -0.3 is 10.4 Å². The van der Waals surface area contributed by atoms with Crippen molar-refractivity contribution >= 4 is 27.6 Å². The van der Waals surface area contributed by atoms with Gasteiger partial charge >= 0.3 is 5.97 Å². The summed E-state index contributed by atoms with van der Waals surface area (Å²) >= 11 is 3.43. The van der Waals surface area contributed by atoms with Crippen LogP contribution < -0.4 is 5.32 Å². The molecule has 4 heteroatoms. The Morgan fingerprint density at radius 3 is 2.47 bits per heavy atom. The third kappa shape index (κ3) is 3.58. The molecule has 0 unspecified atom stereocenters. The van der Waals surface area contributed by atoms with Crippen molar-refractivity contribution in [3.63, 3.8) is 0 Å². The summed E-state index contributed by atoms with van der Waals surface area (Å²) in [5.41, 5.74) is 3.60. The first kappa shape index (κ1) is 13.6. The molecule has 0 aliphatic carbocycles. The number of nitrogens with one attached hydrogen (secondary N) is 1. The van der Waals surface area contributed by atoms with Crippen LogP contribution in [0.3, 0.4) is 0 Å². The van der Waals surface area contributed by atoms with Gasteiger partial charge in [0.2, 0.25) is 0 Å². The Hall–Kier alpha value is -1.81.